The highest BCUT2D eigenvalue weighted by atomic mass is 16.7. The molecule has 0 spiro atoms. The molecule has 2 aromatic carbocycles. The number of anilines is 1. The van der Waals surface area contributed by atoms with Gasteiger partial charge in [0.05, 0.1) is 30.6 Å². The van der Waals surface area contributed by atoms with Gasteiger partial charge in [-0.3, -0.25) is 0 Å². The van der Waals surface area contributed by atoms with Gasteiger partial charge in [-0.25, -0.2) is 4.79 Å². The van der Waals surface area contributed by atoms with Gasteiger partial charge in [0.15, 0.2) is 11.5 Å². The molecule has 4 rings (SSSR count). The van der Waals surface area contributed by atoms with Gasteiger partial charge in [-0.2, -0.15) is 0 Å². The van der Waals surface area contributed by atoms with Crippen LogP contribution in [0.1, 0.15) is 24.2 Å². The average Bonchev–Trinajstić information content (AvgIpc) is 3.19. The van der Waals surface area contributed by atoms with Crippen LogP contribution in [0.2, 0.25) is 0 Å². The zero-order chi connectivity index (χ0) is 19.7. The molecular formula is C21H21NO6. The van der Waals surface area contributed by atoms with Crippen LogP contribution in [0.5, 0.6) is 17.2 Å². The molecule has 0 radical (unpaired) electrons. The maximum absolute atomic E-state index is 12.9. The van der Waals surface area contributed by atoms with Gasteiger partial charge in [-0.15, -0.1) is 0 Å². The molecule has 28 heavy (non-hydrogen) atoms. The van der Waals surface area contributed by atoms with E-state index < -0.39 is 12.1 Å². The third-order valence-corrected chi connectivity index (χ3v) is 4.73. The van der Waals surface area contributed by atoms with E-state index >= 15 is 0 Å². The monoisotopic (exact) mass is 383 g/mol. The molecule has 0 aromatic heterocycles. The highest BCUT2D eigenvalue weighted by Gasteiger charge is 2.36. The van der Waals surface area contributed by atoms with Crippen LogP contribution in [0.15, 0.2) is 42.0 Å². The van der Waals surface area contributed by atoms with Crippen LogP contribution in [0.4, 0.5) is 5.69 Å². The number of carbonyl (C=O) groups excluding carboxylic acids is 1. The van der Waals surface area contributed by atoms with Crippen LogP contribution in [0, 0.1) is 0 Å². The molecule has 7 nitrogen and oxygen atoms in total. The molecule has 0 saturated heterocycles. The van der Waals surface area contributed by atoms with Crippen LogP contribution >= 0.6 is 0 Å². The zero-order valence-corrected chi connectivity index (χ0v) is 15.9. The molecule has 1 atom stereocenters. The van der Waals surface area contributed by atoms with E-state index in [2.05, 4.69) is 5.32 Å². The molecular weight excluding hydrogens is 362 g/mol. The van der Waals surface area contributed by atoms with Gasteiger partial charge in [0.2, 0.25) is 6.79 Å². The average molecular weight is 383 g/mol. The third kappa shape index (κ3) is 2.93. The lowest BCUT2D eigenvalue weighted by molar-refractivity contribution is -0.139. The Morgan fingerprint density at radius 2 is 2.00 bits per heavy atom. The van der Waals surface area contributed by atoms with Crippen molar-refractivity contribution in [3.8, 4) is 17.2 Å². The van der Waals surface area contributed by atoms with Crippen LogP contribution in [0.3, 0.4) is 0 Å². The minimum Gasteiger partial charge on any atom is -0.496 e. The summed E-state index contributed by atoms with van der Waals surface area (Å²) in [5, 5.41) is 3.36. The van der Waals surface area contributed by atoms with Crippen molar-refractivity contribution in [2.45, 2.75) is 13.0 Å². The largest absolute Gasteiger partial charge is 0.496 e. The SMILES string of the molecule is CCOC(=O)C1=C(c2ccc3c(c2)OCO3)Nc2cccc(OC)c2C1OC. The Bertz CT molecular complexity index is 952. The second-order valence-corrected chi connectivity index (χ2v) is 6.24. The summed E-state index contributed by atoms with van der Waals surface area (Å²) < 4.78 is 27.5. The van der Waals surface area contributed by atoms with E-state index in [1.807, 2.05) is 36.4 Å². The second kappa shape index (κ2) is 7.44. The van der Waals surface area contributed by atoms with Crippen LogP contribution < -0.4 is 19.5 Å². The van der Waals surface area contributed by atoms with E-state index in [1.54, 1.807) is 21.1 Å². The van der Waals surface area contributed by atoms with Crippen molar-refractivity contribution in [2.24, 2.45) is 0 Å². The molecule has 2 aromatic rings. The molecule has 0 fully saturated rings. The maximum atomic E-state index is 12.9. The fourth-order valence-electron chi connectivity index (χ4n) is 3.51. The van der Waals surface area contributed by atoms with Gasteiger partial charge < -0.3 is 29.0 Å². The van der Waals surface area contributed by atoms with E-state index in [-0.39, 0.29) is 13.4 Å². The van der Waals surface area contributed by atoms with Gasteiger partial charge >= 0.3 is 5.97 Å². The summed E-state index contributed by atoms with van der Waals surface area (Å²) in [7, 11) is 3.14. The van der Waals surface area contributed by atoms with Crippen molar-refractivity contribution in [1.29, 1.82) is 0 Å². The lowest BCUT2D eigenvalue weighted by Crippen LogP contribution is -2.25. The van der Waals surface area contributed by atoms with Gasteiger partial charge in [0.25, 0.3) is 0 Å². The van der Waals surface area contributed by atoms with Crippen molar-refractivity contribution in [1.82, 2.24) is 0 Å². The van der Waals surface area contributed by atoms with E-state index in [1.165, 1.54) is 0 Å². The van der Waals surface area contributed by atoms with Crippen molar-refractivity contribution >= 4 is 17.4 Å². The molecule has 0 aliphatic carbocycles. The third-order valence-electron chi connectivity index (χ3n) is 4.73. The topological polar surface area (TPSA) is 75.3 Å². The molecule has 0 saturated carbocycles. The summed E-state index contributed by atoms with van der Waals surface area (Å²) in [4.78, 5) is 12.9. The van der Waals surface area contributed by atoms with Gasteiger partial charge in [0, 0.05) is 18.4 Å². The summed E-state index contributed by atoms with van der Waals surface area (Å²) in [5.74, 6) is 1.47. The Balaban J connectivity index is 1.90. The number of hydrogen-bond acceptors (Lipinski definition) is 7. The Morgan fingerprint density at radius 3 is 2.75 bits per heavy atom. The van der Waals surface area contributed by atoms with Crippen LogP contribution in [-0.4, -0.2) is 33.6 Å². The van der Waals surface area contributed by atoms with Crippen LogP contribution in [-0.2, 0) is 14.3 Å². The van der Waals surface area contributed by atoms with E-state index in [0.717, 1.165) is 16.8 Å². The number of carbonyl (C=O) groups is 1. The van der Waals surface area contributed by atoms with Crippen molar-refractivity contribution in [3.63, 3.8) is 0 Å². The number of benzene rings is 2. The normalized spacial score (nSPS) is 17.0. The highest BCUT2D eigenvalue weighted by Crippen LogP contribution is 2.46. The van der Waals surface area contributed by atoms with Gasteiger partial charge in [0.1, 0.15) is 11.9 Å². The first kappa shape index (κ1) is 18.2. The molecule has 2 aliphatic rings. The number of hydrogen-bond donors (Lipinski definition) is 1. The molecule has 0 amide bonds. The second-order valence-electron chi connectivity index (χ2n) is 6.24. The minimum absolute atomic E-state index is 0.177. The number of esters is 1. The fraction of sp³-hybridized carbons (Fsp3) is 0.286. The molecule has 7 heteroatoms. The smallest absolute Gasteiger partial charge is 0.339 e. The van der Waals surface area contributed by atoms with Gasteiger partial charge in [-0.1, -0.05) is 6.07 Å². The number of rotatable bonds is 5. The standard InChI is InChI=1S/C21H21NO6/c1-4-26-21(23)18-19(12-8-9-14-16(10-12)28-11-27-14)22-13-6-5-7-15(24-2)17(13)20(18)25-3/h5-10,20,22H,4,11H2,1-3H3. The predicted molar refractivity (Wildman–Crippen MR) is 102 cm³/mol. The predicted octanol–water partition coefficient (Wildman–Crippen LogP) is 3.51. The van der Waals surface area contributed by atoms with Crippen molar-refractivity contribution in [2.75, 3.05) is 32.9 Å². The quantitative estimate of drug-likeness (QED) is 0.792. The lowest BCUT2D eigenvalue weighted by Gasteiger charge is -2.31. The fourth-order valence-corrected chi connectivity index (χ4v) is 3.51. The Morgan fingerprint density at radius 1 is 1.18 bits per heavy atom. The van der Waals surface area contributed by atoms with E-state index in [4.69, 9.17) is 23.7 Å². The highest BCUT2D eigenvalue weighted by molar-refractivity contribution is 6.04. The molecule has 146 valence electrons. The lowest BCUT2D eigenvalue weighted by atomic mass is 9.90. The number of methoxy groups -OCH3 is 2. The summed E-state index contributed by atoms with van der Waals surface area (Å²) in [6.45, 7) is 2.20. The summed E-state index contributed by atoms with van der Waals surface area (Å²) in [5.41, 5.74) is 3.29. The number of nitrogens with one attached hydrogen (secondary N) is 1. The van der Waals surface area contributed by atoms with Gasteiger partial charge in [-0.05, 0) is 37.3 Å². The minimum atomic E-state index is -0.646. The van der Waals surface area contributed by atoms with E-state index in [9.17, 15) is 4.79 Å². The molecule has 1 unspecified atom stereocenters. The Labute approximate surface area is 162 Å². The summed E-state index contributed by atoms with van der Waals surface area (Å²) >= 11 is 0. The number of fused-ring (bicyclic) bond motifs is 2. The summed E-state index contributed by atoms with van der Waals surface area (Å²) in [6, 6.07) is 11.1. The molecule has 2 aliphatic heterocycles. The van der Waals surface area contributed by atoms with Crippen molar-refractivity contribution < 1.29 is 28.5 Å². The maximum Gasteiger partial charge on any atom is 0.339 e. The Hall–Kier alpha value is -3.19. The molecule has 2 heterocycles. The van der Waals surface area contributed by atoms with Crippen LogP contribution in [0.25, 0.3) is 5.70 Å². The number of ether oxygens (including phenoxy) is 5. The van der Waals surface area contributed by atoms with Crippen molar-refractivity contribution in [3.05, 3.63) is 53.1 Å². The first-order chi connectivity index (χ1) is 13.7. The first-order valence-corrected chi connectivity index (χ1v) is 8.96. The summed E-state index contributed by atoms with van der Waals surface area (Å²) in [6.07, 6.45) is -0.646. The Kier molecular flexibility index (Phi) is 4.83. The van der Waals surface area contributed by atoms with E-state index in [0.29, 0.717) is 28.5 Å². The zero-order valence-electron chi connectivity index (χ0n) is 15.9. The first-order valence-electron chi connectivity index (χ1n) is 8.96. The molecule has 1 N–H and O–H groups in total. The molecule has 0 bridgehead atoms.